The summed E-state index contributed by atoms with van der Waals surface area (Å²) in [7, 11) is 2.03. The van der Waals surface area contributed by atoms with Crippen molar-refractivity contribution in [3.05, 3.63) is 11.3 Å². The molecule has 98 valence electrons. The maximum absolute atomic E-state index is 4.52. The van der Waals surface area contributed by atoms with E-state index in [-0.39, 0.29) is 0 Å². The molecular formula is C13H25N3S. The van der Waals surface area contributed by atoms with Crippen LogP contribution in [-0.4, -0.2) is 21.6 Å². The average molecular weight is 255 g/mol. The van der Waals surface area contributed by atoms with Crippen LogP contribution in [0.2, 0.25) is 0 Å². The first-order chi connectivity index (χ1) is 7.91. The van der Waals surface area contributed by atoms with Crippen molar-refractivity contribution in [1.82, 2.24) is 15.1 Å². The smallest absolute Gasteiger partial charge is 0.0986 e. The third-order valence-electron chi connectivity index (χ3n) is 2.49. The number of thioether (sulfide) groups is 1. The third kappa shape index (κ3) is 4.36. The lowest BCUT2D eigenvalue weighted by molar-refractivity contribution is 0.548. The molecular weight excluding hydrogens is 230 g/mol. The van der Waals surface area contributed by atoms with Gasteiger partial charge < -0.3 is 5.32 Å². The number of nitrogens with one attached hydrogen (secondary N) is 1. The van der Waals surface area contributed by atoms with E-state index in [0.29, 0.717) is 11.2 Å². The van der Waals surface area contributed by atoms with Crippen LogP contribution in [0.3, 0.4) is 0 Å². The van der Waals surface area contributed by atoms with Crippen molar-refractivity contribution in [2.75, 3.05) is 6.54 Å². The van der Waals surface area contributed by atoms with E-state index in [9.17, 15) is 0 Å². The van der Waals surface area contributed by atoms with Crippen molar-refractivity contribution in [3.8, 4) is 0 Å². The molecule has 0 amide bonds. The van der Waals surface area contributed by atoms with E-state index in [4.69, 9.17) is 0 Å². The van der Waals surface area contributed by atoms with Crippen LogP contribution in [0.15, 0.2) is 5.03 Å². The third-order valence-corrected chi connectivity index (χ3v) is 3.70. The molecule has 1 aromatic heterocycles. The molecule has 0 spiro atoms. The number of hydrogen-bond acceptors (Lipinski definition) is 3. The van der Waals surface area contributed by atoms with E-state index in [2.05, 4.69) is 45.0 Å². The predicted octanol–water partition coefficient (Wildman–Crippen LogP) is 2.97. The van der Waals surface area contributed by atoms with Gasteiger partial charge in [-0.05, 0) is 19.4 Å². The van der Waals surface area contributed by atoms with Crippen molar-refractivity contribution in [1.29, 1.82) is 0 Å². The predicted molar refractivity (Wildman–Crippen MR) is 75.5 cm³/mol. The van der Waals surface area contributed by atoms with Crippen LogP contribution >= 0.6 is 11.8 Å². The Labute approximate surface area is 109 Å². The van der Waals surface area contributed by atoms with E-state index in [1.165, 1.54) is 10.6 Å². The molecule has 0 saturated carbocycles. The number of nitrogens with zero attached hydrogens (tertiary/aromatic N) is 2. The van der Waals surface area contributed by atoms with Gasteiger partial charge >= 0.3 is 0 Å². The molecule has 0 atom stereocenters. The maximum atomic E-state index is 4.52. The minimum absolute atomic E-state index is 0.591. The molecule has 0 fully saturated rings. The summed E-state index contributed by atoms with van der Waals surface area (Å²) in [5.74, 6) is 0.688. The Morgan fingerprint density at radius 3 is 2.47 bits per heavy atom. The van der Waals surface area contributed by atoms with Gasteiger partial charge in [-0.2, -0.15) is 5.10 Å². The Kier molecular flexibility index (Phi) is 5.53. The summed E-state index contributed by atoms with van der Waals surface area (Å²) >= 11 is 1.89. The molecule has 0 radical (unpaired) electrons. The fourth-order valence-electron chi connectivity index (χ4n) is 1.74. The number of hydrogen-bond donors (Lipinski definition) is 1. The molecule has 0 aliphatic rings. The molecule has 0 bridgehead atoms. The molecule has 0 aliphatic carbocycles. The fraction of sp³-hybridized carbons (Fsp3) is 0.769. The molecule has 3 nitrogen and oxygen atoms in total. The largest absolute Gasteiger partial charge is 0.312 e. The zero-order chi connectivity index (χ0) is 13.0. The molecule has 0 aliphatic heterocycles. The van der Waals surface area contributed by atoms with Crippen molar-refractivity contribution < 1.29 is 0 Å². The minimum atomic E-state index is 0.591. The van der Waals surface area contributed by atoms with Crippen LogP contribution in [0.25, 0.3) is 0 Å². The second-order valence-corrected chi connectivity index (χ2v) is 6.75. The van der Waals surface area contributed by atoms with Gasteiger partial charge in [-0.25, -0.2) is 0 Å². The molecule has 4 heteroatoms. The summed E-state index contributed by atoms with van der Waals surface area (Å²) in [5.41, 5.74) is 2.50. The molecule has 1 N–H and O–H groups in total. The molecule has 1 aromatic rings. The first kappa shape index (κ1) is 14.6. The molecule has 17 heavy (non-hydrogen) atoms. The van der Waals surface area contributed by atoms with Gasteiger partial charge in [0.2, 0.25) is 0 Å². The highest BCUT2D eigenvalue weighted by molar-refractivity contribution is 7.99. The highest BCUT2D eigenvalue weighted by atomic mass is 32.2. The Hall–Kier alpha value is -0.480. The standard InChI is InChI=1S/C13H25N3S/c1-9(2)7-14-8-12-11(5)15-16(6)13(12)17-10(3)4/h9-10,14H,7-8H2,1-6H3. The van der Waals surface area contributed by atoms with Gasteiger partial charge in [0.1, 0.15) is 0 Å². The lowest BCUT2D eigenvalue weighted by Gasteiger charge is -2.11. The van der Waals surface area contributed by atoms with Crippen LogP contribution in [0.1, 0.15) is 39.0 Å². The SMILES string of the molecule is Cc1nn(C)c(SC(C)C)c1CNCC(C)C. The lowest BCUT2D eigenvalue weighted by Crippen LogP contribution is -2.19. The van der Waals surface area contributed by atoms with Gasteiger partial charge in [0.15, 0.2) is 0 Å². The van der Waals surface area contributed by atoms with Gasteiger partial charge in [-0.1, -0.05) is 27.7 Å². The zero-order valence-corrected chi connectivity index (χ0v) is 12.7. The number of aromatic nitrogens is 2. The summed E-state index contributed by atoms with van der Waals surface area (Å²) < 4.78 is 2.01. The Bertz CT molecular complexity index is 356. The highest BCUT2D eigenvalue weighted by Gasteiger charge is 2.14. The zero-order valence-electron chi connectivity index (χ0n) is 11.9. The lowest BCUT2D eigenvalue weighted by atomic mass is 10.2. The fourth-order valence-corrected chi connectivity index (χ4v) is 2.74. The topological polar surface area (TPSA) is 29.9 Å². The normalized spacial score (nSPS) is 11.8. The molecule has 1 rings (SSSR count). The van der Waals surface area contributed by atoms with Gasteiger partial charge in [0.05, 0.1) is 10.7 Å². The Morgan fingerprint density at radius 2 is 1.94 bits per heavy atom. The van der Waals surface area contributed by atoms with Crippen molar-refractivity contribution in [3.63, 3.8) is 0 Å². The maximum Gasteiger partial charge on any atom is 0.0986 e. The summed E-state index contributed by atoms with van der Waals surface area (Å²) in [6.07, 6.45) is 0. The first-order valence-electron chi connectivity index (χ1n) is 6.31. The van der Waals surface area contributed by atoms with Gasteiger partial charge in [-0.15, -0.1) is 11.8 Å². The van der Waals surface area contributed by atoms with Gasteiger partial charge in [-0.3, -0.25) is 4.68 Å². The molecule has 0 aromatic carbocycles. The minimum Gasteiger partial charge on any atom is -0.312 e. The first-order valence-corrected chi connectivity index (χ1v) is 7.19. The summed E-state index contributed by atoms with van der Waals surface area (Å²) in [6, 6.07) is 0. The van der Waals surface area contributed by atoms with E-state index < -0.39 is 0 Å². The van der Waals surface area contributed by atoms with E-state index in [1.54, 1.807) is 0 Å². The van der Waals surface area contributed by atoms with Crippen molar-refractivity contribution in [2.24, 2.45) is 13.0 Å². The Balaban J connectivity index is 2.74. The monoisotopic (exact) mass is 255 g/mol. The van der Waals surface area contributed by atoms with E-state index in [1.807, 2.05) is 23.5 Å². The van der Waals surface area contributed by atoms with E-state index >= 15 is 0 Å². The average Bonchev–Trinajstić information content (AvgIpc) is 2.43. The van der Waals surface area contributed by atoms with Crippen molar-refractivity contribution in [2.45, 2.75) is 51.4 Å². The van der Waals surface area contributed by atoms with Crippen LogP contribution < -0.4 is 5.32 Å². The number of rotatable bonds is 6. The molecule has 1 heterocycles. The van der Waals surface area contributed by atoms with Crippen LogP contribution in [-0.2, 0) is 13.6 Å². The Morgan fingerprint density at radius 1 is 1.29 bits per heavy atom. The summed E-state index contributed by atoms with van der Waals surface area (Å²) in [5, 5.41) is 9.91. The summed E-state index contributed by atoms with van der Waals surface area (Å²) in [6.45, 7) is 13.0. The van der Waals surface area contributed by atoms with Gasteiger partial charge in [0.25, 0.3) is 0 Å². The van der Waals surface area contributed by atoms with Crippen LogP contribution in [0, 0.1) is 12.8 Å². The van der Waals surface area contributed by atoms with Crippen LogP contribution in [0.4, 0.5) is 0 Å². The van der Waals surface area contributed by atoms with Crippen LogP contribution in [0.5, 0.6) is 0 Å². The second kappa shape index (κ2) is 6.45. The molecule has 0 saturated heterocycles. The molecule has 0 unspecified atom stereocenters. The second-order valence-electron chi connectivity index (χ2n) is 5.18. The van der Waals surface area contributed by atoms with Gasteiger partial charge in [0, 0.05) is 24.4 Å². The summed E-state index contributed by atoms with van der Waals surface area (Å²) in [4.78, 5) is 0. The number of aryl methyl sites for hydroxylation is 2. The quantitative estimate of drug-likeness (QED) is 0.793. The highest BCUT2D eigenvalue weighted by Crippen LogP contribution is 2.28. The van der Waals surface area contributed by atoms with Crippen molar-refractivity contribution >= 4 is 11.8 Å². The van der Waals surface area contributed by atoms with E-state index in [0.717, 1.165) is 18.8 Å².